The van der Waals surface area contributed by atoms with Gasteiger partial charge in [-0.2, -0.15) is 13.2 Å². The summed E-state index contributed by atoms with van der Waals surface area (Å²) in [6.45, 7) is 5.86. The van der Waals surface area contributed by atoms with Crippen molar-refractivity contribution < 1.29 is 18.3 Å². The third-order valence-electron chi connectivity index (χ3n) is 4.48. The number of halogens is 3. The Morgan fingerprint density at radius 2 is 1.81 bits per heavy atom. The summed E-state index contributed by atoms with van der Waals surface area (Å²) < 4.78 is 39.5. The van der Waals surface area contributed by atoms with E-state index in [0.717, 1.165) is 17.4 Å². The highest BCUT2D eigenvalue weighted by Crippen LogP contribution is 2.31. The zero-order valence-electron chi connectivity index (χ0n) is 12.3. The van der Waals surface area contributed by atoms with Crippen molar-refractivity contribution in [1.29, 1.82) is 0 Å². The average molecular weight is 306 g/mol. The number of aliphatic hydroxyl groups excluding tert-OH is 1. The normalized spacial score (nSPS) is 17.0. The third-order valence-corrected chi connectivity index (χ3v) is 4.48. The maximum absolute atomic E-state index is 12.8. The lowest BCUT2D eigenvalue weighted by atomic mass is 9.82. The van der Waals surface area contributed by atoms with Gasteiger partial charge >= 0.3 is 6.18 Å². The van der Waals surface area contributed by atoms with Gasteiger partial charge in [-0.05, 0) is 12.8 Å². The molecule has 0 bridgehead atoms. The molecule has 0 amide bonds. The van der Waals surface area contributed by atoms with Crippen LogP contribution in [0, 0.1) is 5.41 Å². The Balaban J connectivity index is 2.12. The number of aliphatic hydroxyl groups is 1. The minimum Gasteiger partial charge on any atom is -0.396 e. The van der Waals surface area contributed by atoms with Crippen molar-refractivity contribution in [2.24, 2.45) is 5.41 Å². The Bertz CT molecular complexity index is 474. The van der Waals surface area contributed by atoms with Gasteiger partial charge in [0.1, 0.15) is 5.82 Å². The van der Waals surface area contributed by atoms with E-state index in [9.17, 15) is 18.3 Å². The molecule has 1 aliphatic rings. The van der Waals surface area contributed by atoms with E-state index in [1.165, 1.54) is 0 Å². The van der Waals surface area contributed by atoms with Gasteiger partial charge in [0.15, 0.2) is 0 Å². The van der Waals surface area contributed by atoms with Crippen molar-refractivity contribution in [3.63, 3.8) is 0 Å². The SMILES string of the molecule is CCC(CC)(CO)CN1CCn2c(nnc2C(F)(F)F)C1. The Morgan fingerprint density at radius 1 is 1.14 bits per heavy atom. The van der Waals surface area contributed by atoms with Gasteiger partial charge in [-0.1, -0.05) is 13.8 Å². The Hall–Kier alpha value is -1.15. The zero-order valence-corrected chi connectivity index (χ0v) is 12.3. The molecule has 0 unspecified atom stereocenters. The molecule has 0 aromatic carbocycles. The lowest BCUT2D eigenvalue weighted by Crippen LogP contribution is -2.43. The van der Waals surface area contributed by atoms with Crippen molar-refractivity contribution in [3.05, 3.63) is 11.6 Å². The van der Waals surface area contributed by atoms with Gasteiger partial charge in [0, 0.05) is 31.7 Å². The number of hydrogen-bond donors (Lipinski definition) is 1. The summed E-state index contributed by atoms with van der Waals surface area (Å²) in [6, 6.07) is 0. The van der Waals surface area contributed by atoms with Crippen molar-refractivity contribution in [3.8, 4) is 0 Å². The highest BCUT2D eigenvalue weighted by molar-refractivity contribution is 5.02. The van der Waals surface area contributed by atoms with E-state index in [4.69, 9.17) is 0 Å². The van der Waals surface area contributed by atoms with Gasteiger partial charge in [0.05, 0.1) is 6.54 Å². The molecule has 8 heteroatoms. The van der Waals surface area contributed by atoms with Crippen LogP contribution in [0.25, 0.3) is 0 Å². The maximum atomic E-state index is 12.8. The molecule has 5 nitrogen and oxygen atoms in total. The van der Waals surface area contributed by atoms with Crippen molar-refractivity contribution in [2.45, 2.75) is 46.0 Å². The molecular weight excluding hydrogens is 285 g/mol. The monoisotopic (exact) mass is 306 g/mol. The summed E-state index contributed by atoms with van der Waals surface area (Å²) in [5, 5.41) is 16.5. The van der Waals surface area contributed by atoms with Crippen LogP contribution >= 0.6 is 0 Å². The van der Waals surface area contributed by atoms with Crippen LogP contribution in [0.5, 0.6) is 0 Å². The van der Waals surface area contributed by atoms with Gasteiger partial charge in [-0.15, -0.1) is 10.2 Å². The quantitative estimate of drug-likeness (QED) is 0.903. The van der Waals surface area contributed by atoms with Gasteiger partial charge in [-0.3, -0.25) is 4.90 Å². The van der Waals surface area contributed by atoms with Gasteiger partial charge in [0.25, 0.3) is 0 Å². The van der Waals surface area contributed by atoms with Crippen LogP contribution in [0.2, 0.25) is 0 Å². The molecule has 0 atom stereocenters. The molecule has 0 fully saturated rings. The van der Waals surface area contributed by atoms with Gasteiger partial charge in [0.2, 0.25) is 5.82 Å². The Morgan fingerprint density at radius 3 is 2.33 bits per heavy atom. The van der Waals surface area contributed by atoms with Crippen LogP contribution in [0.3, 0.4) is 0 Å². The molecular formula is C13H21F3N4O. The largest absolute Gasteiger partial charge is 0.451 e. The molecule has 0 saturated heterocycles. The second-order valence-corrected chi connectivity index (χ2v) is 5.67. The Labute approximate surface area is 121 Å². The predicted octanol–water partition coefficient (Wildman–Crippen LogP) is 1.91. The fraction of sp³-hybridized carbons (Fsp3) is 0.846. The second kappa shape index (κ2) is 5.92. The molecule has 1 aliphatic heterocycles. The topological polar surface area (TPSA) is 54.2 Å². The molecule has 2 heterocycles. The van der Waals surface area contributed by atoms with E-state index < -0.39 is 12.0 Å². The standard InChI is InChI=1S/C13H21F3N4O/c1-3-12(4-2,9-21)8-19-5-6-20-10(7-19)17-18-11(20)13(14,15)16/h21H,3-9H2,1-2H3. The van der Waals surface area contributed by atoms with E-state index in [1.54, 1.807) is 0 Å². The first-order valence-corrected chi connectivity index (χ1v) is 7.17. The fourth-order valence-corrected chi connectivity index (χ4v) is 2.77. The number of nitrogens with zero attached hydrogens (tertiary/aromatic N) is 4. The summed E-state index contributed by atoms with van der Waals surface area (Å²) in [5.74, 6) is -0.579. The molecule has 21 heavy (non-hydrogen) atoms. The number of hydrogen-bond acceptors (Lipinski definition) is 4. The summed E-state index contributed by atoms with van der Waals surface area (Å²) in [4.78, 5) is 2.05. The molecule has 2 rings (SSSR count). The smallest absolute Gasteiger partial charge is 0.396 e. The molecule has 1 aromatic heterocycles. The van der Waals surface area contributed by atoms with E-state index >= 15 is 0 Å². The van der Waals surface area contributed by atoms with Crippen molar-refractivity contribution in [2.75, 3.05) is 19.7 Å². The lowest BCUT2D eigenvalue weighted by Gasteiger charge is -2.37. The minimum atomic E-state index is -4.46. The van der Waals surface area contributed by atoms with Crippen LogP contribution in [0.1, 0.15) is 38.3 Å². The van der Waals surface area contributed by atoms with Gasteiger partial charge < -0.3 is 9.67 Å². The number of aromatic nitrogens is 3. The van der Waals surface area contributed by atoms with E-state index in [-0.39, 0.29) is 18.6 Å². The van der Waals surface area contributed by atoms with Crippen LogP contribution in [0.15, 0.2) is 0 Å². The lowest BCUT2D eigenvalue weighted by molar-refractivity contribution is -0.148. The van der Waals surface area contributed by atoms with Crippen LogP contribution in [0.4, 0.5) is 13.2 Å². The first-order chi connectivity index (χ1) is 9.85. The summed E-state index contributed by atoms with van der Waals surface area (Å²) in [6.07, 6.45) is -2.80. The zero-order chi connectivity index (χ0) is 15.7. The number of alkyl halides is 3. The highest BCUT2D eigenvalue weighted by Gasteiger charge is 2.40. The van der Waals surface area contributed by atoms with E-state index in [0.29, 0.717) is 25.5 Å². The van der Waals surface area contributed by atoms with Gasteiger partial charge in [-0.25, -0.2) is 0 Å². The third kappa shape index (κ3) is 3.21. The highest BCUT2D eigenvalue weighted by atomic mass is 19.4. The van der Waals surface area contributed by atoms with Crippen molar-refractivity contribution in [1.82, 2.24) is 19.7 Å². The van der Waals surface area contributed by atoms with Crippen LogP contribution < -0.4 is 0 Å². The first kappa shape index (κ1) is 16.2. The average Bonchev–Trinajstić information content (AvgIpc) is 2.88. The fourth-order valence-electron chi connectivity index (χ4n) is 2.77. The van der Waals surface area contributed by atoms with Crippen molar-refractivity contribution >= 4 is 0 Å². The molecule has 0 aliphatic carbocycles. The molecule has 0 saturated carbocycles. The molecule has 120 valence electrons. The van der Waals surface area contributed by atoms with E-state index in [1.807, 2.05) is 18.7 Å². The maximum Gasteiger partial charge on any atom is 0.451 e. The minimum absolute atomic E-state index is 0.0803. The summed E-state index contributed by atoms with van der Waals surface area (Å²) >= 11 is 0. The second-order valence-electron chi connectivity index (χ2n) is 5.67. The van der Waals surface area contributed by atoms with Crippen LogP contribution in [-0.4, -0.2) is 44.5 Å². The summed E-state index contributed by atoms with van der Waals surface area (Å²) in [7, 11) is 0. The molecule has 0 spiro atoms. The van der Waals surface area contributed by atoms with E-state index in [2.05, 4.69) is 10.2 Å². The molecule has 1 aromatic rings. The summed E-state index contributed by atoms with van der Waals surface area (Å²) in [5.41, 5.74) is -0.199. The number of rotatable bonds is 5. The first-order valence-electron chi connectivity index (χ1n) is 7.17. The molecule has 1 N–H and O–H groups in total. The molecule has 0 radical (unpaired) electrons. The number of fused-ring (bicyclic) bond motifs is 1. The van der Waals surface area contributed by atoms with Crippen LogP contribution in [-0.2, 0) is 19.3 Å². The predicted molar refractivity (Wildman–Crippen MR) is 70.4 cm³/mol. The Kier molecular flexibility index (Phi) is 4.57.